The van der Waals surface area contributed by atoms with E-state index in [1.165, 1.54) is 7.11 Å². The lowest BCUT2D eigenvalue weighted by Gasteiger charge is -2.18. The van der Waals surface area contributed by atoms with E-state index in [0.717, 1.165) is 4.47 Å². The number of halogens is 1. The van der Waals surface area contributed by atoms with Crippen LogP contribution < -0.4 is 20.6 Å². The first-order chi connectivity index (χ1) is 15.8. The normalized spacial score (nSPS) is 11.1. The molecule has 2 heterocycles. The van der Waals surface area contributed by atoms with Crippen LogP contribution in [0.15, 0.2) is 56.5 Å². The van der Waals surface area contributed by atoms with E-state index in [2.05, 4.69) is 36.3 Å². The molecule has 9 nitrogen and oxygen atoms in total. The molecule has 170 valence electrons. The Bertz CT molecular complexity index is 1390. The number of ether oxygens (including phenoxy) is 2. The van der Waals surface area contributed by atoms with Crippen molar-refractivity contribution in [1.29, 1.82) is 0 Å². The van der Waals surface area contributed by atoms with E-state index in [9.17, 15) is 14.4 Å². The van der Waals surface area contributed by atoms with Crippen LogP contribution in [0.1, 0.15) is 44.4 Å². The number of hydrogen-bond acceptors (Lipinski definition) is 5. The Hall–Kier alpha value is -3.79. The van der Waals surface area contributed by atoms with Crippen molar-refractivity contribution in [3.8, 4) is 11.5 Å². The Morgan fingerprint density at radius 3 is 2.03 bits per heavy atom. The predicted octanol–water partition coefficient (Wildman–Crippen LogP) is 3.51. The maximum atomic E-state index is 12.6. The summed E-state index contributed by atoms with van der Waals surface area (Å²) in [6, 6.07) is 11.8. The van der Waals surface area contributed by atoms with Crippen molar-refractivity contribution in [3.63, 3.8) is 0 Å². The van der Waals surface area contributed by atoms with Gasteiger partial charge in [0.15, 0.2) is 11.5 Å². The molecule has 0 aliphatic carbocycles. The van der Waals surface area contributed by atoms with Gasteiger partial charge in [0.1, 0.15) is 0 Å². The van der Waals surface area contributed by atoms with E-state index >= 15 is 0 Å². The maximum Gasteiger partial charge on any atom is 0.343 e. The van der Waals surface area contributed by atoms with Gasteiger partial charge in [-0.15, -0.1) is 0 Å². The first kappa shape index (κ1) is 22.4. The van der Waals surface area contributed by atoms with Gasteiger partial charge < -0.3 is 19.7 Å². The Morgan fingerprint density at radius 1 is 0.879 bits per heavy atom. The van der Waals surface area contributed by atoms with Crippen LogP contribution in [0.25, 0.3) is 0 Å². The van der Waals surface area contributed by atoms with Crippen LogP contribution in [0.3, 0.4) is 0 Å². The number of aromatic nitrogens is 4. The average Bonchev–Trinajstić information content (AvgIpc) is 3.30. The van der Waals surface area contributed by atoms with Gasteiger partial charge in [0.25, 0.3) is 11.1 Å². The molecule has 0 spiro atoms. The van der Waals surface area contributed by atoms with Crippen LogP contribution in [0.4, 0.5) is 0 Å². The number of aromatic amines is 4. The quantitative estimate of drug-likeness (QED) is 0.231. The molecule has 4 rings (SSSR count). The first-order valence-electron chi connectivity index (χ1n) is 10.00. The Balaban J connectivity index is 1.79. The van der Waals surface area contributed by atoms with Crippen LogP contribution in [0.2, 0.25) is 0 Å². The fraction of sp³-hybridized carbons (Fsp3) is 0.174. The highest BCUT2D eigenvalue weighted by molar-refractivity contribution is 9.10. The molecule has 0 radical (unpaired) electrons. The minimum atomic E-state index is -0.682. The van der Waals surface area contributed by atoms with Crippen molar-refractivity contribution in [3.05, 3.63) is 101 Å². The summed E-state index contributed by atoms with van der Waals surface area (Å²) >= 11 is 3.34. The molecule has 4 aromatic rings. The van der Waals surface area contributed by atoms with Gasteiger partial charge in [-0.05, 0) is 49.7 Å². The van der Waals surface area contributed by atoms with Crippen molar-refractivity contribution >= 4 is 21.9 Å². The molecule has 0 bridgehead atoms. The van der Waals surface area contributed by atoms with Gasteiger partial charge in [-0.3, -0.25) is 19.8 Å². The highest BCUT2D eigenvalue weighted by Crippen LogP contribution is 2.37. The number of benzene rings is 2. The fourth-order valence-electron chi connectivity index (χ4n) is 3.81. The molecule has 0 saturated heterocycles. The topological polar surface area (TPSA) is 133 Å². The van der Waals surface area contributed by atoms with Crippen LogP contribution in [0.5, 0.6) is 11.5 Å². The Morgan fingerprint density at radius 2 is 1.52 bits per heavy atom. The summed E-state index contributed by atoms with van der Waals surface area (Å²) in [5.74, 6) is -0.729. The van der Waals surface area contributed by atoms with Crippen molar-refractivity contribution in [2.24, 2.45) is 0 Å². The third-order valence-electron chi connectivity index (χ3n) is 5.39. The van der Waals surface area contributed by atoms with Crippen molar-refractivity contribution in [2.45, 2.75) is 19.8 Å². The predicted molar refractivity (Wildman–Crippen MR) is 125 cm³/mol. The summed E-state index contributed by atoms with van der Waals surface area (Å²) in [6.07, 6.45) is 0. The maximum absolute atomic E-state index is 12.6. The van der Waals surface area contributed by atoms with E-state index in [1.807, 2.05) is 6.07 Å². The summed E-state index contributed by atoms with van der Waals surface area (Å²) in [5.41, 5.74) is 2.35. The number of nitrogens with one attached hydrogen (secondary N) is 4. The second kappa shape index (κ2) is 8.99. The number of H-pyrrole nitrogens is 4. The molecule has 4 N–H and O–H groups in total. The Kier molecular flexibility index (Phi) is 6.10. The second-order valence-electron chi connectivity index (χ2n) is 7.48. The second-order valence-corrected chi connectivity index (χ2v) is 8.39. The van der Waals surface area contributed by atoms with Crippen molar-refractivity contribution in [2.75, 3.05) is 7.11 Å². The van der Waals surface area contributed by atoms with Gasteiger partial charge in [0.05, 0.1) is 23.8 Å². The third kappa shape index (κ3) is 4.29. The highest BCUT2D eigenvalue weighted by Gasteiger charge is 2.29. The van der Waals surface area contributed by atoms with E-state index in [1.54, 1.807) is 50.2 Å². The molecule has 2 aromatic carbocycles. The molecular formula is C23H21BrN4O5. The zero-order valence-corrected chi connectivity index (χ0v) is 19.6. The van der Waals surface area contributed by atoms with Crippen molar-refractivity contribution in [1.82, 2.24) is 20.4 Å². The lowest BCUT2D eigenvalue weighted by atomic mass is 9.85. The molecule has 0 atom stereocenters. The lowest BCUT2D eigenvalue weighted by molar-refractivity contribution is 0.0729. The zero-order valence-electron chi connectivity index (χ0n) is 18.0. The number of hydrogen-bond donors (Lipinski definition) is 4. The summed E-state index contributed by atoms with van der Waals surface area (Å²) in [7, 11) is 1.45. The van der Waals surface area contributed by atoms with Gasteiger partial charge in [0, 0.05) is 21.8 Å². The monoisotopic (exact) mass is 512 g/mol. The molecule has 0 amide bonds. The van der Waals surface area contributed by atoms with Crippen LogP contribution in [-0.4, -0.2) is 33.5 Å². The molecule has 0 aliphatic rings. The SMILES string of the molecule is COc1cc(C(c2c(C)[nH][nH]c2=O)c2c(C)[nH][nH]c2=O)ccc1OC(=O)c1cccc(Br)c1. The van der Waals surface area contributed by atoms with Gasteiger partial charge in [-0.1, -0.05) is 28.1 Å². The van der Waals surface area contributed by atoms with E-state index < -0.39 is 11.9 Å². The molecule has 10 heteroatoms. The largest absolute Gasteiger partial charge is 0.493 e. The van der Waals surface area contributed by atoms with Crippen LogP contribution in [0, 0.1) is 13.8 Å². The number of aryl methyl sites for hydroxylation is 2. The third-order valence-corrected chi connectivity index (χ3v) is 5.88. The molecule has 33 heavy (non-hydrogen) atoms. The molecule has 0 fully saturated rings. The highest BCUT2D eigenvalue weighted by atomic mass is 79.9. The number of rotatable bonds is 6. The molecular weight excluding hydrogens is 492 g/mol. The summed E-state index contributed by atoms with van der Waals surface area (Å²) in [4.78, 5) is 37.8. The zero-order chi connectivity index (χ0) is 23.7. The first-order valence-corrected chi connectivity index (χ1v) is 10.8. The van der Waals surface area contributed by atoms with E-state index in [0.29, 0.717) is 33.6 Å². The van der Waals surface area contributed by atoms with Gasteiger partial charge >= 0.3 is 5.97 Å². The van der Waals surface area contributed by atoms with Crippen LogP contribution in [-0.2, 0) is 0 Å². The number of carbonyl (C=O) groups excluding carboxylic acids is 1. The molecule has 0 aliphatic heterocycles. The van der Waals surface area contributed by atoms with Gasteiger partial charge in [0.2, 0.25) is 0 Å². The Labute approximate surface area is 196 Å². The summed E-state index contributed by atoms with van der Waals surface area (Å²) < 4.78 is 11.8. The minimum Gasteiger partial charge on any atom is -0.493 e. The molecule has 0 unspecified atom stereocenters. The van der Waals surface area contributed by atoms with Crippen LogP contribution >= 0.6 is 15.9 Å². The number of carbonyl (C=O) groups is 1. The smallest absolute Gasteiger partial charge is 0.343 e. The number of methoxy groups -OCH3 is 1. The average molecular weight is 513 g/mol. The summed E-state index contributed by atoms with van der Waals surface area (Å²) in [5, 5.41) is 10.8. The summed E-state index contributed by atoms with van der Waals surface area (Å²) in [6.45, 7) is 3.50. The number of esters is 1. The minimum absolute atomic E-state index is 0.212. The molecule has 0 saturated carbocycles. The van der Waals surface area contributed by atoms with Crippen molar-refractivity contribution < 1.29 is 14.3 Å². The van der Waals surface area contributed by atoms with E-state index in [-0.39, 0.29) is 22.6 Å². The van der Waals surface area contributed by atoms with E-state index in [4.69, 9.17) is 9.47 Å². The lowest BCUT2D eigenvalue weighted by Crippen LogP contribution is -2.20. The van der Waals surface area contributed by atoms with Gasteiger partial charge in [-0.2, -0.15) is 0 Å². The van der Waals surface area contributed by atoms with Gasteiger partial charge in [-0.25, -0.2) is 4.79 Å². The standard InChI is InChI=1S/C23H21BrN4O5/c1-11-18(21(29)27-25-11)20(19-12(2)26-28-22(19)30)13-7-8-16(17(10-13)32-3)33-23(31)14-5-4-6-15(24)9-14/h4-10,20H,1-3H3,(H2,25,27,29)(H2,26,28,30). The fourth-order valence-corrected chi connectivity index (χ4v) is 4.21. The molecule has 2 aromatic heterocycles.